The molecule has 0 fully saturated rings. The summed E-state index contributed by atoms with van der Waals surface area (Å²) < 4.78 is 3.39. The fourth-order valence-electron chi connectivity index (χ4n) is 3.00. The van der Waals surface area contributed by atoms with E-state index in [1.165, 1.54) is 6.07 Å². The highest BCUT2D eigenvalue weighted by Gasteiger charge is 2.20. The first-order valence-corrected chi connectivity index (χ1v) is 7.30. The summed E-state index contributed by atoms with van der Waals surface area (Å²) in [7, 11) is 0. The first-order valence-electron chi connectivity index (χ1n) is 7.30. The Hall–Kier alpha value is -2.14. The van der Waals surface area contributed by atoms with E-state index in [0.717, 1.165) is 30.5 Å². The molecule has 2 heterocycles. The quantitative estimate of drug-likeness (QED) is 0.916. The van der Waals surface area contributed by atoms with Gasteiger partial charge in [-0.2, -0.15) is 0 Å². The molecule has 1 atom stereocenters. The number of fused-ring (bicyclic) bond motifs is 1. The van der Waals surface area contributed by atoms with Crippen LogP contribution in [0.2, 0.25) is 0 Å². The minimum absolute atomic E-state index is 0.0139. The largest absolute Gasteiger partial charge is 0.324 e. The molecule has 110 valence electrons. The van der Waals surface area contributed by atoms with E-state index in [1.807, 2.05) is 12.1 Å². The highest BCUT2D eigenvalue weighted by Crippen LogP contribution is 2.26. The van der Waals surface area contributed by atoms with Gasteiger partial charge in [-0.1, -0.05) is 12.1 Å². The molecule has 2 aromatic rings. The average Bonchev–Trinajstić information content (AvgIpc) is 2.48. The third-order valence-corrected chi connectivity index (χ3v) is 4.12. The number of hydrogen-bond donors (Lipinski definition) is 1. The van der Waals surface area contributed by atoms with E-state index in [1.54, 1.807) is 27.5 Å². The highest BCUT2D eigenvalue weighted by molar-refractivity contribution is 5.27. The molecule has 1 unspecified atom stereocenters. The predicted molar refractivity (Wildman–Crippen MR) is 81.3 cm³/mol. The van der Waals surface area contributed by atoms with Crippen molar-refractivity contribution in [3.63, 3.8) is 0 Å². The summed E-state index contributed by atoms with van der Waals surface area (Å²) in [4.78, 5) is 23.9. The van der Waals surface area contributed by atoms with Crippen molar-refractivity contribution >= 4 is 0 Å². The van der Waals surface area contributed by atoms with Gasteiger partial charge in [0.25, 0.3) is 11.1 Å². The van der Waals surface area contributed by atoms with Gasteiger partial charge >= 0.3 is 0 Å². The van der Waals surface area contributed by atoms with Crippen molar-refractivity contribution in [2.75, 3.05) is 0 Å². The van der Waals surface area contributed by atoms with E-state index >= 15 is 0 Å². The first kappa shape index (κ1) is 13.8. The Morgan fingerprint density at radius 1 is 1.10 bits per heavy atom. The van der Waals surface area contributed by atoms with Crippen LogP contribution in [0.25, 0.3) is 0 Å². The number of rotatable bonds is 3. The Kier molecular flexibility index (Phi) is 3.75. The lowest BCUT2D eigenvalue weighted by atomic mass is 9.91. The number of aryl methyl sites for hydroxylation is 1. The second-order valence-electron chi connectivity index (χ2n) is 5.46. The topological polar surface area (TPSA) is 70.0 Å². The summed E-state index contributed by atoms with van der Waals surface area (Å²) in [5, 5.41) is 0. The molecule has 2 N–H and O–H groups in total. The van der Waals surface area contributed by atoms with E-state index < -0.39 is 0 Å². The number of hydrogen-bond acceptors (Lipinski definition) is 3. The summed E-state index contributed by atoms with van der Waals surface area (Å²) in [6.07, 6.45) is 4.59. The van der Waals surface area contributed by atoms with Gasteiger partial charge in [-0.25, -0.2) is 0 Å². The SMILES string of the molecule is NC1CCCc2c1ccc(=O)n2CCn1ccccc1=O. The molecule has 21 heavy (non-hydrogen) atoms. The van der Waals surface area contributed by atoms with Crippen LogP contribution in [0.5, 0.6) is 0 Å². The number of pyridine rings is 2. The van der Waals surface area contributed by atoms with Crippen LogP contribution in [0.4, 0.5) is 0 Å². The molecule has 0 radical (unpaired) electrons. The van der Waals surface area contributed by atoms with E-state index in [-0.39, 0.29) is 17.2 Å². The van der Waals surface area contributed by atoms with Crippen molar-refractivity contribution in [1.82, 2.24) is 9.13 Å². The smallest absolute Gasteiger partial charge is 0.250 e. The number of nitrogens with two attached hydrogens (primary N) is 1. The minimum Gasteiger partial charge on any atom is -0.324 e. The van der Waals surface area contributed by atoms with E-state index in [0.29, 0.717) is 13.1 Å². The third-order valence-electron chi connectivity index (χ3n) is 4.12. The molecule has 1 aliphatic carbocycles. The van der Waals surface area contributed by atoms with Crippen molar-refractivity contribution in [2.45, 2.75) is 38.4 Å². The molecule has 0 bridgehead atoms. The van der Waals surface area contributed by atoms with E-state index in [9.17, 15) is 9.59 Å². The Labute approximate surface area is 122 Å². The number of aromatic nitrogens is 2. The van der Waals surface area contributed by atoms with Gasteiger partial charge in [0.1, 0.15) is 0 Å². The van der Waals surface area contributed by atoms with Crippen LogP contribution < -0.4 is 16.9 Å². The normalized spacial score (nSPS) is 17.5. The molecule has 0 amide bonds. The van der Waals surface area contributed by atoms with Gasteiger partial charge in [0, 0.05) is 43.2 Å². The lowest BCUT2D eigenvalue weighted by Gasteiger charge is -2.25. The molecule has 1 aliphatic rings. The Balaban J connectivity index is 1.92. The molecule has 5 heteroatoms. The van der Waals surface area contributed by atoms with Gasteiger partial charge in [0.2, 0.25) is 0 Å². The second-order valence-corrected chi connectivity index (χ2v) is 5.46. The molecule has 0 spiro atoms. The van der Waals surface area contributed by atoms with Crippen LogP contribution >= 0.6 is 0 Å². The lowest BCUT2D eigenvalue weighted by Crippen LogP contribution is -2.31. The maximum Gasteiger partial charge on any atom is 0.250 e. The monoisotopic (exact) mass is 285 g/mol. The third kappa shape index (κ3) is 2.69. The van der Waals surface area contributed by atoms with Crippen LogP contribution in [-0.4, -0.2) is 9.13 Å². The molecule has 0 aromatic carbocycles. The molecular formula is C16H19N3O2. The van der Waals surface area contributed by atoms with Gasteiger partial charge in [0.15, 0.2) is 0 Å². The zero-order valence-corrected chi connectivity index (χ0v) is 11.9. The highest BCUT2D eigenvalue weighted by atomic mass is 16.1. The molecule has 2 aromatic heterocycles. The van der Waals surface area contributed by atoms with Gasteiger partial charge in [0.05, 0.1) is 0 Å². The van der Waals surface area contributed by atoms with Crippen molar-refractivity contribution in [3.05, 3.63) is 68.5 Å². The molecule has 0 saturated carbocycles. The Morgan fingerprint density at radius 3 is 2.76 bits per heavy atom. The summed E-state index contributed by atoms with van der Waals surface area (Å²) in [5.41, 5.74) is 8.16. The first-order chi connectivity index (χ1) is 10.2. The summed E-state index contributed by atoms with van der Waals surface area (Å²) in [5.74, 6) is 0. The zero-order chi connectivity index (χ0) is 14.8. The van der Waals surface area contributed by atoms with Gasteiger partial charge in [-0.05, 0) is 30.9 Å². The maximum absolute atomic E-state index is 12.1. The van der Waals surface area contributed by atoms with Crippen molar-refractivity contribution in [2.24, 2.45) is 5.73 Å². The van der Waals surface area contributed by atoms with Gasteiger partial charge in [-0.3, -0.25) is 9.59 Å². The van der Waals surface area contributed by atoms with E-state index in [2.05, 4.69) is 0 Å². The summed E-state index contributed by atoms with van der Waals surface area (Å²) in [6.45, 7) is 0.990. The Morgan fingerprint density at radius 2 is 1.95 bits per heavy atom. The minimum atomic E-state index is -0.0490. The van der Waals surface area contributed by atoms with Crippen molar-refractivity contribution < 1.29 is 0 Å². The fourth-order valence-corrected chi connectivity index (χ4v) is 3.00. The molecule has 5 nitrogen and oxygen atoms in total. The molecule has 0 aliphatic heterocycles. The molecular weight excluding hydrogens is 266 g/mol. The van der Waals surface area contributed by atoms with Crippen LogP contribution in [0, 0.1) is 0 Å². The van der Waals surface area contributed by atoms with Crippen molar-refractivity contribution in [3.8, 4) is 0 Å². The summed E-state index contributed by atoms with van der Waals surface area (Å²) in [6, 6.07) is 8.51. The molecule has 0 saturated heterocycles. The van der Waals surface area contributed by atoms with E-state index in [4.69, 9.17) is 5.73 Å². The summed E-state index contributed by atoms with van der Waals surface area (Å²) >= 11 is 0. The van der Waals surface area contributed by atoms with Crippen LogP contribution in [0.3, 0.4) is 0 Å². The fraction of sp³-hybridized carbons (Fsp3) is 0.375. The van der Waals surface area contributed by atoms with Crippen LogP contribution in [0.1, 0.15) is 30.1 Å². The maximum atomic E-state index is 12.1. The van der Waals surface area contributed by atoms with Gasteiger partial charge < -0.3 is 14.9 Å². The molecule has 3 rings (SSSR count). The zero-order valence-electron chi connectivity index (χ0n) is 11.9. The predicted octanol–water partition coefficient (Wildman–Crippen LogP) is 1.05. The van der Waals surface area contributed by atoms with Crippen LogP contribution in [-0.2, 0) is 19.5 Å². The second kappa shape index (κ2) is 5.69. The number of nitrogens with zero attached hydrogens (tertiary/aromatic N) is 2. The van der Waals surface area contributed by atoms with Crippen molar-refractivity contribution in [1.29, 1.82) is 0 Å². The van der Waals surface area contributed by atoms with Crippen LogP contribution in [0.15, 0.2) is 46.1 Å². The standard InChI is InChI=1S/C16H19N3O2/c17-13-4-3-5-14-12(13)7-8-16(21)19(14)11-10-18-9-2-1-6-15(18)20/h1-2,6-9,13H,3-5,10-11,17H2. The van der Waals surface area contributed by atoms with Gasteiger partial charge in [-0.15, -0.1) is 0 Å². The Bertz CT molecular complexity index is 761. The average molecular weight is 285 g/mol. The lowest BCUT2D eigenvalue weighted by molar-refractivity contribution is 0.489.